The van der Waals surface area contributed by atoms with Crippen LogP contribution in [0, 0.1) is 0 Å². The molecule has 1 saturated heterocycles. The van der Waals surface area contributed by atoms with Gasteiger partial charge >= 0.3 is 0 Å². The van der Waals surface area contributed by atoms with Gasteiger partial charge in [0.2, 0.25) is 0 Å². The molecule has 0 saturated carbocycles. The number of pyridine rings is 1. The highest BCUT2D eigenvalue weighted by molar-refractivity contribution is 7.16. The number of hydrogen-bond donors (Lipinski definition) is 1. The van der Waals surface area contributed by atoms with E-state index in [1.54, 1.807) is 11.3 Å². The Morgan fingerprint density at radius 2 is 1.89 bits per heavy atom. The molecule has 1 aromatic carbocycles. The van der Waals surface area contributed by atoms with E-state index in [2.05, 4.69) is 71.7 Å². The van der Waals surface area contributed by atoms with Crippen LogP contribution in [-0.2, 0) is 12.8 Å². The first-order chi connectivity index (χ1) is 16.2. The molecule has 0 radical (unpaired) electrons. The SMILES string of the molecule is CCCCc1nc2c(s1)NC=c1cccnc1=C2N1CCN(C)C(CCc2ccccc2)C1.Cl.Cl. The summed E-state index contributed by atoms with van der Waals surface area (Å²) in [6.45, 7) is 5.27. The molecule has 3 aromatic rings. The van der Waals surface area contributed by atoms with Crippen LogP contribution in [0.2, 0.25) is 0 Å². The summed E-state index contributed by atoms with van der Waals surface area (Å²) in [6, 6.07) is 15.5. The molecule has 35 heavy (non-hydrogen) atoms. The maximum absolute atomic E-state index is 5.15. The number of anilines is 1. The number of unbranched alkanes of at least 4 members (excludes halogenated alkanes) is 1. The average Bonchev–Trinajstić information content (AvgIpc) is 3.18. The molecule has 2 aliphatic heterocycles. The number of halogens is 2. The largest absolute Gasteiger partial charge is 0.365 e. The van der Waals surface area contributed by atoms with Crippen LogP contribution in [0.15, 0.2) is 48.7 Å². The molecule has 1 unspecified atom stereocenters. The number of piperazine rings is 1. The molecule has 0 amide bonds. The number of aromatic nitrogens is 2. The third-order valence-electron chi connectivity index (χ3n) is 6.76. The zero-order valence-corrected chi connectivity index (χ0v) is 22.9. The van der Waals surface area contributed by atoms with Crippen molar-refractivity contribution in [3.8, 4) is 0 Å². The quantitative estimate of drug-likeness (QED) is 0.492. The van der Waals surface area contributed by atoms with E-state index in [1.807, 2.05) is 12.3 Å². The molecule has 0 aliphatic carbocycles. The number of benzene rings is 1. The summed E-state index contributed by atoms with van der Waals surface area (Å²) < 4.78 is 0. The Hall–Kier alpha value is -2.12. The van der Waals surface area contributed by atoms with Gasteiger partial charge in [-0.25, -0.2) is 4.98 Å². The minimum Gasteiger partial charge on any atom is -0.365 e. The van der Waals surface area contributed by atoms with Gasteiger partial charge in [0.25, 0.3) is 0 Å². The van der Waals surface area contributed by atoms with Crippen LogP contribution in [-0.4, -0.2) is 52.5 Å². The average molecular weight is 533 g/mol. The molecule has 1 N–H and O–H groups in total. The van der Waals surface area contributed by atoms with E-state index < -0.39 is 0 Å². The molecule has 5 nitrogen and oxygen atoms in total. The lowest BCUT2D eigenvalue weighted by atomic mass is 10.0. The molecule has 188 valence electrons. The summed E-state index contributed by atoms with van der Waals surface area (Å²) in [5, 5.41) is 8.09. The molecule has 2 aliphatic rings. The van der Waals surface area contributed by atoms with Crippen molar-refractivity contribution in [2.24, 2.45) is 0 Å². The van der Waals surface area contributed by atoms with Gasteiger partial charge in [0.15, 0.2) is 0 Å². The molecule has 0 bridgehead atoms. The number of thiazole rings is 1. The molecular formula is C27H35Cl2N5S. The zero-order chi connectivity index (χ0) is 22.6. The minimum absolute atomic E-state index is 0. The lowest BCUT2D eigenvalue weighted by Gasteiger charge is -2.41. The number of likely N-dealkylation sites (N-methyl/N-ethyl adjacent to an activating group) is 1. The standard InChI is InChI=1S/C27H33N5S.2ClH/c1-3-4-12-23-30-25-26(24-21(11-8-15-28-24)18-29-27(25)33-23)32-17-16-31(2)22(19-32)14-13-20-9-6-5-7-10-20;;/h5-11,15,18,22,29H,3-4,12-14,16-17,19H2,1-2H3;2*1H. The maximum Gasteiger partial charge on any atom is 0.124 e. The summed E-state index contributed by atoms with van der Waals surface area (Å²) in [4.78, 5) is 15.1. The van der Waals surface area contributed by atoms with Crippen LogP contribution < -0.4 is 15.9 Å². The smallest absolute Gasteiger partial charge is 0.124 e. The Labute approximate surface area is 224 Å². The van der Waals surface area contributed by atoms with Crippen LogP contribution in [0.4, 0.5) is 5.00 Å². The fraction of sp³-hybridized carbons (Fsp3) is 0.407. The Balaban J connectivity index is 0.00000171. The van der Waals surface area contributed by atoms with Crippen LogP contribution in [0.5, 0.6) is 0 Å². The first-order valence-corrected chi connectivity index (χ1v) is 13.0. The summed E-state index contributed by atoms with van der Waals surface area (Å²) in [5.41, 5.74) is 3.68. The summed E-state index contributed by atoms with van der Waals surface area (Å²) in [6.07, 6.45) is 9.66. The molecule has 1 fully saturated rings. The zero-order valence-electron chi connectivity index (χ0n) is 20.4. The first kappa shape index (κ1) is 27.5. The number of nitrogens with zero attached hydrogens (tertiary/aromatic N) is 4. The summed E-state index contributed by atoms with van der Waals surface area (Å²) in [5.74, 6) is 0. The van der Waals surface area contributed by atoms with E-state index in [1.165, 1.54) is 29.1 Å². The molecule has 0 spiro atoms. The van der Waals surface area contributed by atoms with Gasteiger partial charge < -0.3 is 10.2 Å². The van der Waals surface area contributed by atoms with Gasteiger partial charge in [0, 0.05) is 43.3 Å². The number of hydrogen-bond acceptors (Lipinski definition) is 6. The van der Waals surface area contributed by atoms with Gasteiger partial charge in [-0.1, -0.05) is 43.7 Å². The number of aryl methyl sites for hydroxylation is 2. The molecule has 8 heteroatoms. The van der Waals surface area contributed by atoms with Crippen molar-refractivity contribution >= 4 is 53.0 Å². The van der Waals surface area contributed by atoms with Crippen LogP contribution >= 0.6 is 36.2 Å². The van der Waals surface area contributed by atoms with Gasteiger partial charge in [-0.05, 0) is 50.4 Å². The predicted molar refractivity (Wildman–Crippen MR) is 152 cm³/mol. The van der Waals surface area contributed by atoms with Crippen LogP contribution in [0.1, 0.15) is 42.5 Å². The van der Waals surface area contributed by atoms with E-state index in [4.69, 9.17) is 9.97 Å². The highest BCUT2D eigenvalue weighted by Crippen LogP contribution is 2.33. The monoisotopic (exact) mass is 531 g/mol. The van der Waals surface area contributed by atoms with Crippen molar-refractivity contribution in [2.45, 2.75) is 45.1 Å². The van der Waals surface area contributed by atoms with Gasteiger partial charge in [-0.3, -0.25) is 9.88 Å². The van der Waals surface area contributed by atoms with Gasteiger partial charge in [0.1, 0.15) is 10.7 Å². The third kappa shape index (κ3) is 6.18. The van der Waals surface area contributed by atoms with E-state index in [0.29, 0.717) is 6.04 Å². The maximum atomic E-state index is 5.15. The molecule has 5 rings (SSSR count). The first-order valence-electron chi connectivity index (χ1n) is 12.1. The van der Waals surface area contributed by atoms with E-state index in [0.717, 1.165) is 60.2 Å². The second kappa shape index (κ2) is 12.7. The number of fused-ring (bicyclic) bond motifs is 2. The molecule has 4 heterocycles. The number of nitrogens with one attached hydrogen (secondary N) is 1. The lowest BCUT2D eigenvalue weighted by molar-refractivity contribution is 0.127. The summed E-state index contributed by atoms with van der Waals surface area (Å²) >= 11 is 1.80. The second-order valence-electron chi connectivity index (χ2n) is 9.07. The van der Waals surface area contributed by atoms with Gasteiger partial charge in [-0.2, -0.15) is 0 Å². The van der Waals surface area contributed by atoms with Gasteiger partial charge in [0.05, 0.1) is 16.1 Å². The third-order valence-corrected chi connectivity index (χ3v) is 7.81. The lowest BCUT2D eigenvalue weighted by Crippen LogP contribution is -2.52. The van der Waals surface area contributed by atoms with Gasteiger partial charge in [-0.15, -0.1) is 36.2 Å². The molecule has 2 aromatic heterocycles. The van der Waals surface area contributed by atoms with Crippen LogP contribution in [0.3, 0.4) is 0 Å². The normalized spacial score (nSPS) is 17.1. The Kier molecular flexibility index (Phi) is 9.99. The second-order valence-corrected chi connectivity index (χ2v) is 10.2. The van der Waals surface area contributed by atoms with Crippen molar-refractivity contribution in [3.63, 3.8) is 0 Å². The van der Waals surface area contributed by atoms with E-state index >= 15 is 0 Å². The predicted octanol–water partition coefficient (Wildman–Crippen LogP) is 4.29. The Morgan fingerprint density at radius 1 is 1.06 bits per heavy atom. The highest BCUT2D eigenvalue weighted by Gasteiger charge is 2.30. The fourth-order valence-corrected chi connectivity index (χ4v) is 5.76. The van der Waals surface area contributed by atoms with E-state index in [-0.39, 0.29) is 24.8 Å². The minimum atomic E-state index is 0. The van der Waals surface area contributed by atoms with Crippen molar-refractivity contribution in [1.82, 2.24) is 19.8 Å². The summed E-state index contributed by atoms with van der Waals surface area (Å²) in [7, 11) is 2.27. The van der Waals surface area contributed by atoms with Crippen LogP contribution in [0.25, 0.3) is 11.9 Å². The molecular weight excluding hydrogens is 497 g/mol. The topological polar surface area (TPSA) is 44.3 Å². The fourth-order valence-electron chi connectivity index (χ4n) is 4.78. The Bertz CT molecular complexity index is 1210. The van der Waals surface area contributed by atoms with Crippen molar-refractivity contribution < 1.29 is 0 Å². The van der Waals surface area contributed by atoms with Crippen molar-refractivity contribution in [2.75, 3.05) is 32.0 Å². The van der Waals surface area contributed by atoms with Crippen molar-refractivity contribution in [1.29, 1.82) is 0 Å². The molecule has 1 atom stereocenters. The van der Waals surface area contributed by atoms with E-state index in [9.17, 15) is 0 Å². The van der Waals surface area contributed by atoms with Crippen molar-refractivity contribution in [3.05, 3.63) is 75.5 Å². The highest BCUT2D eigenvalue weighted by atomic mass is 35.5. The Morgan fingerprint density at radius 3 is 2.69 bits per heavy atom. The number of rotatable bonds is 7.